The third-order valence-electron chi connectivity index (χ3n) is 4.37. The van der Waals surface area contributed by atoms with Gasteiger partial charge in [-0.2, -0.15) is 0 Å². The van der Waals surface area contributed by atoms with Crippen LogP contribution in [0.15, 0.2) is 54.6 Å². The van der Waals surface area contributed by atoms with Crippen LogP contribution < -0.4 is 5.32 Å². The van der Waals surface area contributed by atoms with Crippen LogP contribution in [0, 0.1) is 0 Å². The van der Waals surface area contributed by atoms with Gasteiger partial charge in [0.1, 0.15) is 0 Å². The van der Waals surface area contributed by atoms with E-state index in [2.05, 4.69) is 16.3 Å². The summed E-state index contributed by atoms with van der Waals surface area (Å²) >= 11 is 0. The molecule has 0 radical (unpaired) electrons. The SMILES string of the molecule is Cl.FC(F)C[C@H](c1cccc(-c2ccccc2)c1)N1CCNCC1. The first kappa shape index (κ1) is 18.8. The van der Waals surface area contributed by atoms with Gasteiger partial charge >= 0.3 is 0 Å². The van der Waals surface area contributed by atoms with Crippen LogP contribution in [0.1, 0.15) is 18.0 Å². The van der Waals surface area contributed by atoms with Gasteiger partial charge in [0.05, 0.1) is 0 Å². The molecular weight excluding hydrogens is 330 g/mol. The molecule has 2 nitrogen and oxygen atoms in total. The minimum Gasteiger partial charge on any atom is -0.314 e. The van der Waals surface area contributed by atoms with Gasteiger partial charge in [-0.05, 0) is 22.8 Å². The Morgan fingerprint density at radius 3 is 2.25 bits per heavy atom. The first-order chi connectivity index (χ1) is 11.2. The Balaban J connectivity index is 0.00000208. The minimum atomic E-state index is -2.30. The number of nitrogens with zero attached hydrogens (tertiary/aromatic N) is 1. The zero-order chi connectivity index (χ0) is 16.1. The summed E-state index contributed by atoms with van der Waals surface area (Å²) in [5.41, 5.74) is 3.18. The molecule has 0 amide bonds. The van der Waals surface area contributed by atoms with Crippen molar-refractivity contribution in [1.82, 2.24) is 10.2 Å². The van der Waals surface area contributed by atoms with Crippen molar-refractivity contribution in [1.29, 1.82) is 0 Å². The van der Waals surface area contributed by atoms with Crippen molar-refractivity contribution in [2.75, 3.05) is 26.2 Å². The number of benzene rings is 2. The summed E-state index contributed by atoms with van der Waals surface area (Å²) < 4.78 is 26.2. The Hall–Kier alpha value is -1.49. The van der Waals surface area contributed by atoms with Crippen LogP contribution in [0.3, 0.4) is 0 Å². The Bertz CT molecular complexity index is 616. The molecule has 0 unspecified atom stereocenters. The molecule has 2 aromatic carbocycles. The number of hydrogen-bond donors (Lipinski definition) is 1. The lowest BCUT2D eigenvalue weighted by molar-refractivity contribution is 0.0739. The first-order valence-corrected chi connectivity index (χ1v) is 8.12. The number of hydrogen-bond acceptors (Lipinski definition) is 2. The third-order valence-corrected chi connectivity index (χ3v) is 4.37. The molecule has 0 aliphatic carbocycles. The summed E-state index contributed by atoms with van der Waals surface area (Å²) in [5, 5.41) is 3.28. The maximum atomic E-state index is 13.1. The topological polar surface area (TPSA) is 15.3 Å². The second kappa shape index (κ2) is 9.11. The van der Waals surface area contributed by atoms with Crippen LogP contribution in [0.2, 0.25) is 0 Å². The maximum absolute atomic E-state index is 13.1. The average molecular weight is 353 g/mol. The molecular formula is C19H23ClF2N2. The Morgan fingerprint density at radius 1 is 0.917 bits per heavy atom. The number of alkyl halides is 2. The lowest BCUT2D eigenvalue weighted by atomic mass is 9.96. The molecule has 0 saturated carbocycles. The van der Waals surface area contributed by atoms with Crippen LogP contribution in [-0.2, 0) is 0 Å². The second-order valence-electron chi connectivity index (χ2n) is 5.92. The summed E-state index contributed by atoms with van der Waals surface area (Å²) in [6, 6.07) is 17.9. The molecule has 1 fully saturated rings. The summed E-state index contributed by atoms with van der Waals surface area (Å²) in [6.45, 7) is 3.34. The number of nitrogens with one attached hydrogen (secondary N) is 1. The highest BCUT2D eigenvalue weighted by atomic mass is 35.5. The van der Waals surface area contributed by atoms with Crippen molar-refractivity contribution in [3.63, 3.8) is 0 Å². The van der Waals surface area contributed by atoms with Crippen molar-refractivity contribution in [2.45, 2.75) is 18.9 Å². The minimum absolute atomic E-state index is 0. The highest BCUT2D eigenvalue weighted by Crippen LogP contribution is 2.30. The molecule has 1 aliphatic heterocycles. The summed E-state index contributed by atoms with van der Waals surface area (Å²) in [4.78, 5) is 2.17. The van der Waals surface area contributed by atoms with E-state index in [0.29, 0.717) is 0 Å². The molecule has 24 heavy (non-hydrogen) atoms. The quantitative estimate of drug-likeness (QED) is 0.859. The molecule has 2 aromatic rings. The van der Waals surface area contributed by atoms with Crippen molar-refractivity contribution >= 4 is 12.4 Å². The van der Waals surface area contributed by atoms with Crippen LogP contribution in [-0.4, -0.2) is 37.5 Å². The Morgan fingerprint density at radius 2 is 1.58 bits per heavy atom. The van der Waals surface area contributed by atoms with E-state index in [-0.39, 0.29) is 24.9 Å². The molecule has 130 valence electrons. The zero-order valence-corrected chi connectivity index (χ0v) is 14.3. The molecule has 1 aliphatic rings. The van der Waals surface area contributed by atoms with Crippen molar-refractivity contribution in [3.8, 4) is 11.1 Å². The number of piperazine rings is 1. The molecule has 1 atom stereocenters. The van der Waals surface area contributed by atoms with Gasteiger partial charge in [-0.3, -0.25) is 4.90 Å². The molecule has 1 N–H and O–H groups in total. The van der Waals surface area contributed by atoms with Crippen LogP contribution >= 0.6 is 12.4 Å². The van der Waals surface area contributed by atoms with Gasteiger partial charge in [0.25, 0.3) is 0 Å². The molecule has 0 spiro atoms. The normalized spacial score (nSPS) is 16.6. The van der Waals surface area contributed by atoms with E-state index in [0.717, 1.165) is 42.9 Å². The first-order valence-electron chi connectivity index (χ1n) is 8.12. The van der Waals surface area contributed by atoms with E-state index < -0.39 is 6.43 Å². The van der Waals surface area contributed by atoms with Gasteiger partial charge < -0.3 is 5.32 Å². The van der Waals surface area contributed by atoms with Gasteiger partial charge in [-0.15, -0.1) is 12.4 Å². The molecule has 0 bridgehead atoms. The van der Waals surface area contributed by atoms with Crippen LogP contribution in [0.25, 0.3) is 11.1 Å². The van der Waals surface area contributed by atoms with Crippen LogP contribution in [0.5, 0.6) is 0 Å². The lowest BCUT2D eigenvalue weighted by Gasteiger charge is -2.35. The van der Waals surface area contributed by atoms with Crippen molar-refractivity contribution in [3.05, 3.63) is 60.2 Å². The molecule has 1 saturated heterocycles. The largest absolute Gasteiger partial charge is 0.314 e. The van der Waals surface area contributed by atoms with Gasteiger partial charge in [0.15, 0.2) is 0 Å². The molecule has 3 rings (SSSR count). The van der Waals surface area contributed by atoms with Gasteiger partial charge in [0, 0.05) is 38.6 Å². The summed E-state index contributed by atoms with van der Waals surface area (Å²) in [5.74, 6) is 0. The standard InChI is InChI=1S/C19H22F2N2.ClH/c20-19(21)14-18(23-11-9-22-10-12-23)17-8-4-7-16(13-17)15-5-2-1-3-6-15;/h1-8,13,18-19,22H,9-12,14H2;1H/t18-;/m1./s1. The molecule has 5 heteroatoms. The van der Waals surface area contributed by atoms with Gasteiger partial charge in [-0.1, -0.05) is 48.5 Å². The predicted molar refractivity (Wildman–Crippen MR) is 96.9 cm³/mol. The highest BCUT2D eigenvalue weighted by molar-refractivity contribution is 5.85. The van der Waals surface area contributed by atoms with Crippen molar-refractivity contribution < 1.29 is 8.78 Å². The summed E-state index contributed by atoms with van der Waals surface area (Å²) in [6.07, 6.45) is -2.41. The fourth-order valence-corrected chi connectivity index (χ4v) is 3.21. The number of halogens is 3. The summed E-state index contributed by atoms with van der Waals surface area (Å²) in [7, 11) is 0. The van der Waals surface area contributed by atoms with Gasteiger partial charge in [-0.25, -0.2) is 8.78 Å². The number of rotatable bonds is 5. The van der Waals surface area contributed by atoms with E-state index in [9.17, 15) is 8.78 Å². The van der Waals surface area contributed by atoms with E-state index in [1.165, 1.54) is 0 Å². The van der Waals surface area contributed by atoms with Gasteiger partial charge in [0.2, 0.25) is 6.43 Å². The fraction of sp³-hybridized carbons (Fsp3) is 0.368. The van der Waals surface area contributed by atoms with E-state index in [4.69, 9.17) is 0 Å². The third kappa shape index (κ3) is 4.76. The lowest BCUT2D eigenvalue weighted by Crippen LogP contribution is -2.45. The highest BCUT2D eigenvalue weighted by Gasteiger charge is 2.25. The van der Waals surface area contributed by atoms with Crippen LogP contribution in [0.4, 0.5) is 8.78 Å². The monoisotopic (exact) mass is 352 g/mol. The Kier molecular flexibility index (Phi) is 7.16. The van der Waals surface area contributed by atoms with Crippen molar-refractivity contribution in [2.24, 2.45) is 0 Å². The average Bonchev–Trinajstić information content (AvgIpc) is 2.61. The van der Waals surface area contributed by atoms with E-state index in [1.807, 2.05) is 48.5 Å². The molecule has 1 heterocycles. The predicted octanol–water partition coefficient (Wildman–Crippen LogP) is 4.38. The fourth-order valence-electron chi connectivity index (χ4n) is 3.21. The molecule has 0 aromatic heterocycles. The zero-order valence-electron chi connectivity index (χ0n) is 13.5. The van der Waals surface area contributed by atoms with E-state index in [1.54, 1.807) is 0 Å². The van der Waals surface area contributed by atoms with E-state index >= 15 is 0 Å². The smallest absolute Gasteiger partial charge is 0.240 e. The maximum Gasteiger partial charge on any atom is 0.240 e. The second-order valence-corrected chi connectivity index (χ2v) is 5.92. The Labute approximate surface area is 148 Å².